The first kappa shape index (κ1) is 15.3. The van der Waals surface area contributed by atoms with Gasteiger partial charge in [0.2, 0.25) is 0 Å². The molecule has 0 aliphatic heterocycles. The van der Waals surface area contributed by atoms with Crippen molar-refractivity contribution in [1.82, 2.24) is 0 Å². The average Bonchev–Trinajstić information content (AvgIpc) is 2.27. The van der Waals surface area contributed by atoms with E-state index in [2.05, 4.69) is 8.58 Å². The van der Waals surface area contributed by atoms with E-state index in [1.54, 1.807) is 0 Å². The predicted octanol–water partition coefficient (Wildman–Crippen LogP) is -5.48. The van der Waals surface area contributed by atoms with Crippen LogP contribution in [-0.4, -0.2) is 12.2 Å². The van der Waals surface area contributed by atoms with E-state index in [0.717, 1.165) is 0 Å². The molecule has 0 aromatic carbocycles. The molecule has 1 saturated carbocycles. The predicted molar refractivity (Wildman–Crippen MR) is 32.8 cm³/mol. The molecule has 0 amide bonds. The van der Waals surface area contributed by atoms with Crippen LogP contribution in [0.25, 0.3) is 0 Å². The van der Waals surface area contributed by atoms with Crippen LogP contribution in [0.15, 0.2) is 0 Å². The summed E-state index contributed by atoms with van der Waals surface area (Å²) in [6.45, 7) is 0. The van der Waals surface area contributed by atoms with Crippen molar-refractivity contribution in [1.29, 1.82) is 0 Å². The molecule has 102 valence electrons. The molecule has 0 radical (unpaired) electrons. The topological polar surface area (TPSA) is 157 Å². The Morgan fingerprint density at radius 2 is 1.00 bits per heavy atom. The van der Waals surface area contributed by atoms with E-state index in [0.29, 0.717) is 19.3 Å². The van der Waals surface area contributed by atoms with Gasteiger partial charge in [0.15, 0.2) is 0 Å². The summed E-state index contributed by atoms with van der Waals surface area (Å²) in [5.74, 6) is 0. The van der Waals surface area contributed by atoms with Crippen molar-refractivity contribution in [3.05, 3.63) is 0 Å². The zero-order valence-electron chi connectivity index (χ0n) is 8.71. The minimum absolute atomic E-state index is 0.143. The summed E-state index contributed by atoms with van der Waals surface area (Å²) in [4.78, 5) is 0. The minimum Gasteiger partial charge on any atom is -0.183 e. The molecule has 10 heteroatoms. The minimum atomic E-state index is -4.68. The fourth-order valence-electron chi connectivity index (χ4n) is 1.72. The lowest BCUT2D eigenvalue weighted by atomic mass is 10.1. The van der Waals surface area contributed by atoms with E-state index in [-0.39, 0.29) is 12.8 Å². The molecular weight excluding hydrogens is 283 g/mol. The summed E-state index contributed by atoms with van der Waals surface area (Å²) in [6.07, 6.45) is -0.355. The monoisotopic (exact) mass is 294 g/mol. The molecule has 0 saturated heterocycles. The van der Waals surface area contributed by atoms with Gasteiger partial charge in [-0.25, -0.2) is 0 Å². The first-order valence-electron chi connectivity index (χ1n) is 4.86. The van der Waals surface area contributed by atoms with Crippen molar-refractivity contribution < 1.29 is 57.0 Å². The van der Waals surface area contributed by atoms with Crippen LogP contribution in [0.4, 0.5) is 0 Å². The Bertz CT molecular complexity index is 213. The van der Waals surface area contributed by atoms with Crippen LogP contribution in [0.1, 0.15) is 32.1 Å². The van der Waals surface area contributed by atoms with Crippen molar-refractivity contribution in [2.24, 2.45) is 0 Å². The smallest absolute Gasteiger partial charge is 0.183 e. The maximum Gasteiger partial charge on any atom is 0.255 e. The highest BCUT2D eigenvalue weighted by Gasteiger charge is 2.45. The highest BCUT2D eigenvalue weighted by atomic mass is 35.7. The molecule has 1 rings (SSSR count). The van der Waals surface area contributed by atoms with Crippen LogP contribution in [0.3, 0.4) is 0 Å². The second-order valence-corrected chi connectivity index (χ2v) is 5.52. The van der Waals surface area contributed by atoms with Gasteiger partial charge in [0.25, 0.3) is 12.2 Å². The largest absolute Gasteiger partial charge is 0.255 e. The lowest BCUT2D eigenvalue weighted by Crippen LogP contribution is -2.66. The van der Waals surface area contributed by atoms with Gasteiger partial charge in [-0.15, -0.1) is 0 Å². The molecule has 2 atom stereocenters. The number of rotatable bonds is 4. The van der Waals surface area contributed by atoms with Gasteiger partial charge in [0, 0.05) is 0 Å². The Morgan fingerprint density at radius 1 is 0.647 bits per heavy atom. The van der Waals surface area contributed by atoms with Crippen molar-refractivity contribution in [3.63, 3.8) is 0 Å². The molecule has 0 unspecified atom stereocenters. The van der Waals surface area contributed by atoms with Crippen molar-refractivity contribution in [3.8, 4) is 0 Å². The van der Waals surface area contributed by atoms with E-state index in [1.165, 1.54) is 0 Å². The van der Waals surface area contributed by atoms with Crippen LogP contribution < -0.4 is 28.0 Å². The van der Waals surface area contributed by atoms with Crippen molar-refractivity contribution >= 4 is 0 Å². The molecule has 1 fully saturated rings. The Balaban J connectivity index is 2.66. The van der Waals surface area contributed by atoms with E-state index < -0.39 is 32.7 Å². The number of halogens is 2. The van der Waals surface area contributed by atoms with Crippen molar-refractivity contribution in [2.75, 3.05) is 0 Å². The van der Waals surface area contributed by atoms with Crippen molar-refractivity contribution in [2.45, 2.75) is 44.3 Å². The van der Waals surface area contributed by atoms with E-state index in [9.17, 15) is 28.0 Å². The van der Waals surface area contributed by atoms with Gasteiger partial charge in [-0.1, -0.05) is 19.3 Å². The maximum absolute atomic E-state index is 10.4. The zero-order chi connectivity index (χ0) is 13.1. The Hall–Kier alpha value is 0.260. The van der Waals surface area contributed by atoms with Gasteiger partial charge >= 0.3 is 0 Å². The summed E-state index contributed by atoms with van der Waals surface area (Å²) in [6, 6.07) is 0. The van der Waals surface area contributed by atoms with Gasteiger partial charge in [-0.05, 0) is 12.8 Å². The first-order chi connectivity index (χ1) is 7.67. The van der Waals surface area contributed by atoms with Crippen LogP contribution in [0.2, 0.25) is 0 Å². The molecule has 0 heterocycles. The molecule has 17 heavy (non-hydrogen) atoms. The maximum atomic E-state index is 10.4. The average molecular weight is 295 g/mol. The summed E-state index contributed by atoms with van der Waals surface area (Å²) in [5.41, 5.74) is 0. The van der Waals surface area contributed by atoms with Crippen LogP contribution in [-0.2, 0) is 8.58 Å². The van der Waals surface area contributed by atoms with Gasteiger partial charge in [0.05, 0.1) is 29.1 Å². The lowest BCUT2D eigenvalue weighted by Gasteiger charge is -2.22. The molecule has 8 nitrogen and oxygen atoms in total. The normalized spacial score (nSPS) is 27.9. The lowest BCUT2D eigenvalue weighted by molar-refractivity contribution is -1.92. The van der Waals surface area contributed by atoms with E-state index >= 15 is 0 Å². The van der Waals surface area contributed by atoms with Gasteiger partial charge < -0.3 is 0 Å². The van der Waals surface area contributed by atoms with Crippen LogP contribution in [0, 0.1) is 20.5 Å². The van der Waals surface area contributed by atoms with Gasteiger partial charge in [-0.2, -0.15) is 28.0 Å². The highest BCUT2D eigenvalue weighted by molar-refractivity contribution is 4.72. The molecular formula is C7H12Cl2O8. The second kappa shape index (κ2) is 5.93. The Labute approximate surface area is 102 Å². The fourth-order valence-corrected chi connectivity index (χ4v) is 2.69. The molecule has 1 aliphatic rings. The highest BCUT2D eigenvalue weighted by Crippen LogP contribution is 2.25. The molecule has 0 aromatic rings. The fraction of sp³-hybridized carbons (Fsp3) is 1.00. The van der Waals surface area contributed by atoms with Gasteiger partial charge in [0.1, 0.15) is 0 Å². The third kappa shape index (κ3) is 6.67. The van der Waals surface area contributed by atoms with E-state index in [4.69, 9.17) is 0 Å². The standard InChI is InChI=1S/C7H12Cl2O8/c10-8(11,12)16-6-4-2-1-3-5-7(6)17-9(13,14)15/h6-7H,1-5H2/t6-,7+. The van der Waals surface area contributed by atoms with E-state index in [1.807, 2.05) is 0 Å². The molecule has 1 aliphatic carbocycles. The summed E-state index contributed by atoms with van der Waals surface area (Å²) >= 11 is 0. The summed E-state index contributed by atoms with van der Waals surface area (Å²) in [5, 5.41) is 0. The number of hydrogen-bond acceptors (Lipinski definition) is 8. The Morgan fingerprint density at radius 3 is 1.29 bits per heavy atom. The second-order valence-electron chi connectivity index (χ2n) is 3.65. The van der Waals surface area contributed by atoms with Gasteiger partial charge in [-0.3, -0.25) is 0 Å². The summed E-state index contributed by atoms with van der Waals surface area (Å²) in [7, 11) is -9.36. The Kier molecular flexibility index (Phi) is 5.35. The third-order valence-electron chi connectivity index (χ3n) is 2.34. The number of hydrogen-bond donors (Lipinski definition) is 0. The summed E-state index contributed by atoms with van der Waals surface area (Å²) < 4.78 is 70.9. The molecule has 0 N–H and O–H groups in total. The molecule has 0 bridgehead atoms. The van der Waals surface area contributed by atoms with Crippen LogP contribution in [0.5, 0.6) is 0 Å². The first-order valence-corrected chi connectivity index (χ1v) is 7.32. The molecule has 0 aromatic heterocycles. The third-order valence-corrected chi connectivity index (χ3v) is 3.23. The molecule has 0 spiro atoms. The quantitative estimate of drug-likeness (QED) is 0.465. The zero-order valence-corrected chi connectivity index (χ0v) is 10.2. The SMILES string of the molecule is [O-][Cl+3]([O-])([O-])O[C@H]1CCCCC[C@H]1O[Cl+3]([O-])([O-])[O-]. The van der Waals surface area contributed by atoms with Crippen LogP contribution >= 0.6 is 0 Å².